The predicted octanol–water partition coefficient (Wildman–Crippen LogP) is 3.17. The van der Waals surface area contributed by atoms with Crippen LogP contribution >= 0.6 is 0 Å². The second kappa shape index (κ2) is 7.87. The molecule has 2 amide bonds. The number of fused-ring (bicyclic) bond motifs is 1. The van der Waals surface area contributed by atoms with Gasteiger partial charge in [-0.05, 0) is 56.2 Å². The van der Waals surface area contributed by atoms with Crippen LogP contribution in [0.4, 0.5) is 5.69 Å². The SMILES string of the molecule is Cc1ccc2c(c1)N(Cc1ccc(C(=O)N3CC(C)OC(C)C3)cc1)C(=O)CO2. The van der Waals surface area contributed by atoms with Gasteiger partial charge in [0, 0.05) is 18.7 Å². The number of aryl methyl sites for hydroxylation is 1. The summed E-state index contributed by atoms with van der Waals surface area (Å²) in [4.78, 5) is 28.9. The standard InChI is InChI=1S/C23H26N2O4/c1-15-4-9-21-20(10-15)25(22(26)14-28-21)13-18-5-7-19(8-6-18)23(27)24-11-16(2)29-17(3)12-24/h4-10,16-17H,11-14H2,1-3H3. The maximum absolute atomic E-state index is 12.8. The summed E-state index contributed by atoms with van der Waals surface area (Å²) in [6.45, 7) is 7.65. The van der Waals surface area contributed by atoms with Crippen molar-refractivity contribution >= 4 is 17.5 Å². The normalized spacial score (nSPS) is 21.6. The number of carbonyl (C=O) groups is 2. The molecule has 2 aromatic rings. The second-order valence-corrected chi connectivity index (χ2v) is 7.90. The van der Waals surface area contributed by atoms with Crippen LogP contribution in [0.25, 0.3) is 0 Å². The van der Waals surface area contributed by atoms with Gasteiger partial charge in [0.1, 0.15) is 5.75 Å². The molecule has 6 heteroatoms. The van der Waals surface area contributed by atoms with Crippen LogP contribution < -0.4 is 9.64 Å². The number of amides is 2. The number of hydrogen-bond acceptors (Lipinski definition) is 4. The highest BCUT2D eigenvalue weighted by molar-refractivity contribution is 5.98. The minimum absolute atomic E-state index is 0.0157. The van der Waals surface area contributed by atoms with Gasteiger partial charge in [-0.1, -0.05) is 18.2 Å². The zero-order valence-electron chi connectivity index (χ0n) is 17.1. The lowest BCUT2D eigenvalue weighted by Gasteiger charge is -2.35. The maximum atomic E-state index is 12.8. The summed E-state index contributed by atoms with van der Waals surface area (Å²) in [5.41, 5.74) is 3.48. The van der Waals surface area contributed by atoms with Gasteiger partial charge >= 0.3 is 0 Å². The zero-order valence-corrected chi connectivity index (χ0v) is 17.1. The molecule has 1 fully saturated rings. The number of hydrogen-bond donors (Lipinski definition) is 0. The van der Waals surface area contributed by atoms with E-state index in [4.69, 9.17) is 9.47 Å². The van der Waals surface area contributed by atoms with E-state index in [0.29, 0.717) is 25.2 Å². The van der Waals surface area contributed by atoms with E-state index >= 15 is 0 Å². The molecule has 4 rings (SSSR count). The van der Waals surface area contributed by atoms with Gasteiger partial charge in [0.2, 0.25) is 0 Å². The minimum Gasteiger partial charge on any atom is -0.482 e. The molecule has 0 aromatic heterocycles. The molecular formula is C23H26N2O4. The first-order chi connectivity index (χ1) is 13.9. The number of rotatable bonds is 3. The van der Waals surface area contributed by atoms with Crippen molar-refractivity contribution in [2.75, 3.05) is 24.6 Å². The van der Waals surface area contributed by atoms with Crippen molar-refractivity contribution in [2.45, 2.75) is 39.5 Å². The molecule has 1 saturated heterocycles. The maximum Gasteiger partial charge on any atom is 0.265 e. The monoisotopic (exact) mass is 394 g/mol. The van der Waals surface area contributed by atoms with E-state index in [2.05, 4.69) is 0 Å². The Morgan fingerprint density at radius 3 is 2.45 bits per heavy atom. The topological polar surface area (TPSA) is 59.1 Å². The summed E-state index contributed by atoms with van der Waals surface area (Å²) in [5.74, 6) is 0.666. The Labute approximate surface area is 171 Å². The Morgan fingerprint density at radius 1 is 1.07 bits per heavy atom. The van der Waals surface area contributed by atoms with Crippen LogP contribution in [0.15, 0.2) is 42.5 Å². The Kier molecular flexibility index (Phi) is 5.28. The van der Waals surface area contributed by atoms with Crippen LogP contribution in [-0.4, -0.2) is 48.6 Å². The van der Waals surface area contributed by atoms with Crippen molar-refractivity contribution in [1.29, 1.82) is 0 Å². The molecule has 0 bridgehead atoms. The number of carbonyl (C=O) groups excluding carboxylic acids is 2. The average Bonchev–Trinajstić information content (AvgIpc) is 2.69. The molecule has 2 aromatic carbocycles. The molecule has 2 heterocycles. The molecule has 152 valence electrons. The number of nitrogens with zero attached hydrogens (tertiary/aromatic N) is 2. The lowest BCUT2D eigenvalue weighted by atomic mass is 10.1. The van der Waals surface area contributed by atoms with Crippen LogP contribution in [0, 0.1) is 6.92 Å². The summed E-state index contributed by atoms with van der Waals surface area (Å²) in [6, 6.07) is 13.3. The van der Waals surface area contributed by atoms with E-state index in [1.54, 1.807) is 4.90 Å². The first-order valence-electron chi connectivity index (χ1n) is 9.98. The molecule has 0 aliphatic carbocycles. The zero-order chi connectivity index (χ0) is 20.5. The van der Waals surface area contributed by atoms with Crippen molar-refractivity contribution in [1.82, 2.24) is 4.90 Å². The van der Waals surface area contributed by atoms with E-state index < -0.39 is 0 Å². The van der Waals surface area contributed by atoms with Crippen LogP contribution in [-0.2, 0) is 16.1 Å². The van der Waals surface area contributed by atoms with E-state index in [0.717, 1.165) is 22.6 Å². The lowest BCUT2D eigenvalue weighted by Crippen LogP contribution is -2.48. The van der Waals surface area contributed by atoms with Gasteiger partial charge in [-0.25, -0.2) is 0 Å². The Hall–Kier alpha value is -2.86. The van der Waals surface area contributed by atoms with Gasteiger partial charge in [0.25, 0.3) is 11.8 Å². The highest BCUT2D eigenvalue weighted by Crippen LogP contribution is 2.33. The second-order valence-electron chi connectivity index (χ2n) is 7.90. The van der Waals surface area contributed by atoms with Crippen molar-refractivity contribution in [3.63, 3.8) is 0 Å². The van der Waals surface area contributed by atoms with E-state index in [1.165, 1.54) is 0 Å². The highest BCUT2D eigenvalue weighted by atomic mass is 16.5. The summed E-state index contributed by atoms with van der Waals surface area (Å²) in [7, 11) is 0. The largest absolute Gasteiger partial charge is 0.482 e. The number of anilines is 1. The third-order valence-corrected chi connectivity index (χ3v) is 5.31. The summed E-state index contributed by atoms with van der Waals surface area (Å²) in [5, 5.41) is 0. The molecule has 0 radical (unpaired) electrons. The van der Waals surface area contributed by atoms with Gasteiger partial charge in [-0.15, -0.1) is 0 Å². The fourth-order valence-electron chi connectivity index (χ4n) is 3.95. The fraction of sp³-hybridized carbons (Fsp3) is 0.391. The molecule has 0 saturated carbocycles. The molecule has 2 atom stereocenters. The highest BCUT2D eigenvalue weighted by Gasteiger charge is 2.28. The van der Waals surface area contributed by atoms with E-state index in [1.807, 2.05) is 68.1 Å². The molecular weight excluding hydrogens is 368 g/mol. The first kappa shape index (κ1) is 19.5. The van der Waals surface area contributed by atoms with E-state index in [9.17, 15) is 9.59 Å². The lowest BCUT2D eigenvalue weighted by molar-refractivity contribution is -0.121. The smallest absolute Gasteiger partial charge is 0.265 e. The third kappa shape index (κ3) is 4.12. The average molecular weight is 394 g/mol. The molecule has 2 aliphatic heterocycles. The van der Waals surface area contributed by atoms with Crippen molar-refractivity contribution in [2.24, 2.45) is 0 Å². The van der Waals surface area contributed by atoms with Crippen LogP contribution in [0.2, 0.25) is 0 Å². The molecule has 2 unspecified atom stereocenters. The number of ether oxygens (including phenoxy) is 2. The first-order valence-corrected chi connectivity index (χ1v) is 9.98. The molecule has 6 nitrogen and oxygen atoms in total. The minimum atomic E-state index is -0.0699. The van der Waals surface area contributed by atoms with Crippen LogP contribution in [0.3, 0.4) is 0 Å². The van der Waals surface area contributed by atoms with Gasteiger partial charge in [-0.2, -0.15) is 0 Å². The molecule has 0 spiro atoms. The molecule has 29 heavy (non-hydrogen) atoms. The predicted molar refractivity (Wildman–Crippen MR) is 110 cm³/mol. The van der Waals surface area contributed by atoms with Crippen molar-refractivity contribution in [3.8, 4) is 5.75 Å². The number of morpholine rings is 1. The van der Waals surface area contributed by atoms with E-state index in [-0.39, 0.29) is 30.6 Å². The van der Waals surface area contributed by atoms with Crippen molar-refractivity contribution in [3.05, 3.63) is 59.2 Å². The Morgan fingerprint density at radius 2 is 1.76 bits per heavy atom. The van der Waals surface area contributed by atoms with Crippen LogP contribution in [0.1, 0.15) is 35.3 Å². The summed E-state index contributed by atoms with van der Waals surface area (Å²) < 4.78 is 11.3. The van der Waals surface area contributed by atoms with Gasteiger partial charge < -0.3 is 19.3 Å². The van der Waals surface area contributed by atoms with Gasteiger partial charge in [0.05, 0.1) is 24.4 Å². The Balaban J connectivity index is 1.50. The number of benzene rings is 2. The quantitative estimate of drug-likeness (QED) is 0.802. The summed E-state index contributed by atoms with van der Waals surface area (Å²) in [6.07, 6.45) is 0.0793. The van der Waals surface area contributed by atoms with Gasteiger partial charge in [-0.3, -0.25) is 9.59 Å². The Bertz CT molecular complexity index is 915. The molecule has 2 aliphatic rings. The third-order valence-electron chi connectivity index (χ3n) is 5.31. The fourth-order valence-corrected chi connectivity index (χ4v) is 3.95. The van der Waals surface area contributed by atoms with Crippen LogP contribution in [0.5, 0.6) is 5.75 Å². The van der Waals surface area contributed by atoms with Gasteiger partial charge in [0.15, 0.2) is 6.61 Å². The molecule has 0 N–H and O–H groups in total. The summed E-state index contributed by atoms with van der Waals surface area (Å²) >= 11 is 0. The van der Waals surface area contributed by atoms with Crippen molar-refractivity contribution < 1.29 is 19.1 Å².